The third-order valence-corrected chi connectivity index (χ3v) is 3.11. The van der Waals surface area contributed by atoms with Crippen LogP contribution in [0.15, 0.2) is 17.5 Å². The van der Waals surface area contributed by atoms with Crippen LogP contribution in [0.3, 0.4) is 0 Å². The first-order chi connectivity index (χ1) is 8.54. The summed E-state index contributed by atoms with van der Waals surface area (Å²) in [5.41, 5.74) is 4.67. The zero-order valence-corrected chi connectivity index (χ0v) is 10.1. The molecule has 0 aliphatic carbocycles. The summed E-state index contributed by atoms with van der Waals surface area (Å²) in [4.78, 5) is 14.7. The third kappa shape index (κ3) is 2.04. The Kier molecular flexibility index (Phi) is 3.24. The third-order valence-electron chi connectivity index (χ3n) is 2.25. The maximum Gasteiger partial charge on any atom is 0.268 e. The van der Waals surface area contributed by atoms with Crippen LogP contribution < -0.4 is 10.5 Å². The molecule has 4 nitrogen and oxygen atoms in total. The molecule has 1 aromatic heterocycles. The van der Waals surface area contributed by atoms with Gasteiger partial charge in [-0.15, -0.1) is 11.3 Å². The molecule has 1 amide bonds. The fourth-order valence-electron chi connectivity index (χ4n) is 1.39. The second-order valence-electron chi connectivity index (χ2n) is 3.34. The normalized spacial score (nSPS) is 10.4. The first kappa shape index (κ1) is 12.4. The molecule has 2 N–H and O–H groups in total. The van der Waals surface area contributed by atoms with Crippen LogP contribution >= 0.6 is 11.3 Å². The lowest BCUT2D eigenvalue weighted by molar-refractivity contribution is 0.0996. The Bertz CT molecular complexity index is 613. The summed E-state index contributed by atoms with van der Waals surface area (Å²) >= 11 is 0.931. The van der Waals surface area contributed by atoms with Gasteiger partial charge >= 0.3 is 0 Å². The molecule has 0 spiro atoms. The van der Waals surface area contributed by atoms with Gasteiger partial charge in [0.25, 0.3) is 5.91 Å². The van der Waals surface area contributed by atoms with Crippen LogP contribution in [-0.2, 0) is 0 Å². The number of rotatable bonds is 3. The lowest BCUT2D eigenvalue weighted by Gasteiger charge is -2.06. The highest BCUT2D eigenvalue weighted by Gasteiger charge is 2.19. The Hall–Kier alpha value is -2.02. The van der Waals surface area contributed by atoms with E-state index in [1.807, 2.05) is 0 Å². The average molecular weight is 270 g/mol. The van der Waals surface area contributed by atoms with Crippen LogP contribution in [0.4, 0.5) is 8.78 Å². The fraction of sp³-hybridized carbons (Fsp3) is 0.0909. The van der Waals surface area contributed by atoms with Crippen molar-refractivity contribution in [2.24, 2.45) is 5.73 Å². The van der Waals surface area contributed by atoms with E-state index in [0.29, 0.717) is 0 Å². The van der Waals surface area contributed by atoms with E-state index in [4.69, 9.17) is 10.5 Å². The lowest BCUT2D eigenvalue weighted by atomic mass is 10.2. The van der Waals surface area contributed by atoms with Gasteiger partial charge in [-0.25, -0.2) is 13.8 Å². The molecule has 0 bridgehead atoms. The summed E-state index contributed by atoms with van der Waals surface area (Å²) in [6.45, 7) is 0. The molecule has 2 rings (SSSR count). The van der Waals surface area contributed by atoms with Crippen LogP contribution in [0.1, 0.15) is 10.5 Å². The van der Waals surface area contributed by atoms with Gasteiger partial charge in [-0.2, -0.15) is 0 Å². The van der Waals surface area contributed by atoms with Crippen LogP contribution in [0.2, 0.25) is 0 Å². The Labute approximate surface area is 105 Å². The Balaban J connectivity index is 2.58. The minimum atomic E-state index is -0.858. The van der Waals surface area contributed by atoms with E-state index in [2.05, 4.69) is 4.98 Å². The number of hydrogen-bond donors (Lipinski definition) is 1. The molecule has 0 aliphatic heterocycles. The number of primary amides is 1. The first-order valence-electron chi connectivity index (χ1n) is 4.82. The van der Waals surface area contributed by atoms with Crippen molar-refractivity contribution in [2.75, 3.05) is 7.11 Å². The highest BCUT2D eigenvalue weighted by atomic mass is 32.1. The number of amides is 1. The molecule has 18 heavy (non-hydrogen) atoms. The van der Waals surface area contributed by atoms with Crippen LogP contribution in [0.5, 0.6) is 5.75 Å². The zero-order valence-electron chi connectivity index (χ0n) is 9.24. The van der Waals surface area contributed by atoms with E-state index in [1.54, 1.807) is 0 Å². The van der Waals surface area contributed by atoms with E-state index in [9.17, 15) is 13.6 Å². The van der Waals surface area contributed by atoms with Crippen molar-refractivity contribution in [1.29, 1.82) is 0 Å². The molecule has 0 aliphatic rings. The van der Waals surface area contributed by atoms with Gasteiger partial charge in [0.1, 0.15) is 16.5 Å². The number of benzene rings is 1. The van der Waals surface area contributed by atoms with Crippen molar-refractivity contribution in [1.82, 2.24) is 4.98 Å². The van der Waals surface area contributed by atoms with Crippen molar-refractivity contribution in [3.63, 3.8) is 0 Å². The van der Waals surface area contributed by atoms with Crippen molar-refractivity contribution in [2.45, 2.75) is 0 Å². The summed E-state index contributed by atoms with van der Waals surface area (Å²) in [6, 6.07) is 2.25. The van der Waals surface area contributed by atoms with Gasteiger partial charge in [-0.3, -0.25) is 4.79 Å². The highest BCUT2D eigenvalue weighted by molar-refractivity contribution is 7.13. The predicted octanol–water partition coefficient (Wildman–Crippen LogP) is 2.20. The zero-order chi connectivity index (χ0) is 13.3. The number of nitrogens with zero attached hydrogens (tertiary/aromatic N) is 1. The summed E-state index contributed by atoms with van der Waals surface area (Å²) in [5, 5.41) is 1.38. The average Bonchev–Trinajstić information content (AvgIpc) is 2.79. The smallest absolute Gasteiger partial charge is 0.268 e. The molecule has 1 heterocycles. The second-order valence-corrected chi connectivity index (χ2v) is 4.20. The van der Waals surface area contributed by atoms with Gasteiger partial charge in [-0.05, 0) is 12.1 Å². The number of carbonyl (C=O) groups excluding carboxylic acids is 1. The van der Waals surface area contributed by atoms with Gasteiger partial charge in [0.05, 0.1) is 12.7 Å². The van der Waals surface area contributed by atoms with Crippen LogP contribution in [-0.4, -0.2) is 18.0 Å². The quantitative estimate of drug-likeness (QED) is 0.929. The predicted molar refractivity (Wildman–Crippen MR) is 62.5 cm³/mol. The van der Waals surface area contributed by atoms with E-state index in [-0.39, 0.29) is 22.0 Å². The van der Waals surface area contributed by atoms with E-state index in [0.717, 1.165) is 17.4 Å². The minimum Gasteiger partial charge on any atom is -0.494 e. The number of ether oxygens (including phenoxy) is 1. The van der Waals surface area contributed by atoms with Crippen LogP contribution in [0, 0.1) is 11.6 Å². The van der Waals surface area contributed by atoms with Crippen molar-refractivity contribution in [3.05, 3.63) is 34.8 Å². The van der Waals surface area contributed by atoms with E-state index in [1.165, 1.54) is 18.6 Å². The van der Waals surface area contributed by atoms with E-state index < -0.39 is 17.5 Å². The van der Waals surface area contributed by atoms with Crippen molar-refractivity contribution >= 4 is 17.2 Å². The van der Waals surface area contributed by atoms with Gasteiger partial charge in [0.15, 0.2) is 11.6 Å². The molecule has 0 unspecified atom stereocenters. The van der Waals surface area contributed by atoms with Crippen LogP contribution in [0.25, 0.3) is 10.6 Å². The maximum atomic E-state index is 13.9. The van der Waals surface area contributed by atoms with E-state index >= 15 is 0 Å². The Morgan fingerprint density at radius 3 is 2.72 bits per heavy atom. The molecule has 0 saturated heterocycles. The Morgan fingerprint density at radius 2 is 2.17 bits per heavy atom. The molecule has 0 saturated carbocycles. The molecule has 1 aromatic carbocycles. The largest absolute Gasteiger partial charge is 0.494 e. The highest BCUT2D eigenvalue weighted by Crippen LogP contribution is 2.33. The lowest BCUT2D eigenvalue weighted by Crippen LogP contribution is -2.11. The topological polar surface area (TPSA) is 65.2 Å². The summed E-state index contributed by atoms with van der Waals surface area (Å²) in [5.74, 6) is -2.48. The van der Waals surface area contributed by atoms with Gasteiger partial charge in [0.2, 0.25) is 0 Å². The molecular weight excluding hydrogens is 262 g/mol. The number of nitrogens with two attached hydrogens (primary N) is 1. The van der Waals surface area contributed by atoms with Gasteiger partial charge in [0, 0.05) is 5.38 Å². The number of halogens is 2. The number of aromatic nitrogens is 1. The van der Waals surface area contributed by atoms with Gasteiger partial charge < -0.3 is 10.5 Å². The molecule has 2 aromatic rings. The summed E-state index contributed by atoms with van der Waals surface area (Å²) in [7, 11) is 1.27. The molecule has 0 fully saturated rings. The number of carbonyl (C=O) groups is 1. The fourth-order valence-corrected chi connectivity index (χ4v) is 2.24. The summed E-state index contributed by atoms with van der Waals surface area (Å²) in [6.07, 6.45) is 0. The van der Waals surface area contributed by atoms with Gasteiger partial charge in [-0.1, -0.05) is 0 Å². The second kappa shape index (κ2) is 4.69. The number of hydrogen-bond acceptors (Lipinski definition) is 4. The molecular formula is C11H8F2N2O2S. The van der Waals surface area contributed by atoms with Crippen molar-refractivity contribution in [3.8, 4) is 16.3 Å². The molecule has 0 radical (unpaired) electrons. The maximum absolute atomic E-state index is 13.9. The molecule has 94 valence electrons. The standard InChI is InChI=1S/C11H8F2N2O2S/c1-17-7-3-2-5(12)8(9(7)13)11-15-6(4-18-11)10(14)16/h2-4H,1H3,(H2,14,16). The molecule has 0 atom stereocenters. The number of thiazole rings is 1. The van der Waals surface area contributed by atoms with Crippen molar-refractivity contribution < 1.29 is 18.3 Å². The monoisotopic (exact) mass is 270 g/mol. The SMILES string of the molecule is COc1ccc(F)c(-c2nc(C(N)=O)cs2)c1F. The first-order valence-corrected chi connectivity index (χ1v) is 5.70. The molecule has 7 heteroatoms. The minimum absolute atomic E-state index is 0.0309. The Morgan fingerprint density at radius 1 is 1.44 bits per heavy atom. The number of methoxy groups -OCH3 is 1. The summed E-state index contributed by atoms with van der Waals surface area (Å²) < 4.78 is 32.3.